The predicted molar refractivity (Wildman–Crippen MR) is 96.7 cm³/mol. The Labute approximate surface area is 136 Å². The van der Waals surface area contributed by atoms with Crippen LogP contribution in [0.25, 0.3) is 11.0 Å². The number of nitrogens with zero attached hydrogens (tertiary/aromatic N) is 1. The fourth-order valence-corrected chi connectivity index (χ4v) is 2.36. The van der Waals surface area contributed by atoms with E-state index in [4.69, 9.17) is 4.42 Å². The number of fused-ring (bicyclic) bond motifs is 1. The van der Waals surface area contributed by atoms with Crippen LogP contribution >= 0.6 is 11.8 Å². The summed E-state index contributed by atoms with van der Waals surface area (Å²) in [5, 5.41) is 7.85. The smallest absolute Gasteiger partial charge is 0.191 e. The van der Waals surface area contributed by atoms with Gasteiger partial charge in [0.1, 0.15) is 11.3 Å². The molecule has 0 aliphatic carbocycles. The number of rotatable bonds is 5. The van der Waals surface area contributed by atoms with Crippen LogP contribution in [0.5, 0.6) is 0 Å². The molecule has 0 aliphatic heterocycles. The summed E-state index contributed by atoms with van der Waals surface area (Å²) in [5.41, 5.74) is 2.12. The summed E-state index contributed by atoms with van der Waals surface area (Å²) < 4.78 is 6.08. The van der Waals surface area contributed by atoms with E-state index in [-0.39, 0.29) is 4.75 Å². The fourth-order valence-electron chi connectivity index (χ4n) is 2.15. The summed E-state index contributed by atoms with van der Waals surface area (Å²) in [6, 6.07) is 8.12. The lowest BCUT2D eigenvalue weighted by atomic mass is 10.1. The zero-order valence-corrected chi connectivity index (χ0v) is 14.8. The van der Waals surface area contributed by atoms with Gasteiger partial charge in [0.15, 0.2) is 5.96 Å². The van der Waals surface area contributed by atoms with Crippen LogP contribution in [0.1, 0.15) is 25.2 Å². The maximum Gasteiger partial charge on any atom is 0.191 e. The van der Waals surface area contributed by atoms with Crippen LogP contribution in [0.4, 0.5) is 0 Å². The number of thioether (sulfide) groups is 1. The largest absolute Gasteiger partial charge is 0.459 e. The van der Waals surface area contributed by atoms with E-state index in [0.29, 0.717) is 6.54 Å². The number of furan rings is 1. The molecule has 22 heavy (non-hydrogen) atoms. The van der Waals surface area contributed by atoms with E-state index in [2.05, 4.69) is 48.7 Å². The average Bonchev–Trinajstić information content (AvgIpc) is 2.84. The average molecular weight is 319 g/mol. The molecular weight excluding hydrogens is 294 g/mol. The minimum atomic E-state index is 0.174. The molecule has 0 saturated carbocycles. The zero-order chi connectivity index (χ0) is 16.2. The Hall–Kier alpha value is -1.62. The number of para-hydroxylation sites is 1. The molecule has 5 heteroatoms. The quantitative estimate of drug-likeness (QED) is 0.654. The van der Waals surface area contributed by atoms with Crippen molar-refractivity contribution in [3.05, 3.63) is 35.6 Å². The van der Waals surface area contributed by atoms with Gasteiger partial charge in [0, 0.05) is 29.3 Å². The van der Waals surface area contributed by atoms with Gasteiger partial charge >= 0.3 is 0 Å². The highest BCUT2D eigenvalue weighted by atomic mass is 32.2. The maximum absolute atomic E-state index is 5.91. The summed E-state index contributed by atoms with van der Waals surface area (Å²) in [6.45, 7) is 7.99. The van der Waals surface area contributed by atoms with Crippen molar-refractivity contribution in [3.63, 3.8) is 0 Å². The first kappa shape index (κ1) is 16.7. The molecule has 4 nitrogen and oxygen atoms in total. The zero-order valence-electron chi connectivity index (χ0n) is 14.0. The van der Waals surface area contributed by atoms with E-state index >= 15 is 0 Å². The monoisotopic (exact) mass is 319 g/mol. The molecule has 0 unspecified atom stereocenters. The molecule has 2 N–H and O–H groups in total. The van der Waals surface area contributed by atoms with E-state index < -0.39 is 0 Å². The Kier molecular flexibility index (Phi) is 5.40. The summed E-state index contributed by atoms with van der Waals surface area (Å²) in [7, 11) is 1.78. The molecule has 2 rings (SSSR count). The molecule has 1 aromatic carbocycles. The number of guanidine groups is 1. The van der Waals surface area contributed by atoms with Gasteiger partial charge in [-0.05, 0) is 33.1 Å². The van der Waals surface area contributed by atoms with Crippen LogP contribution in [-0.4, -0.2) is 30.6 Å². The van der Waals surface area contributed by atoms with Gasteiger partial charge < -0.3 is 15.1 Å². The number of aryl methyl sites for hydroxylation is 1. The normalized spacial score (nSPS) is 12.7. The van der Waals surface area contributed by atoms with Crippen molar-refractivity contribution in [1.29, 1.82) is 0 Å². The van der Waals surface area contributed by atoms with E-state index in [1.54, 1.807) is 7.05 Å². The Morgan fingerprint density at radius 2 is 2.00 bits per heavy atom. The number of aliphatic imine (C=N–C) groups is 1. The number of hydrogen-bond donors (Lipinski definition) is 2. The van der Waals surface area contributed by atoms with Crippen molar-refractivity contribution in [3.8, 4) is 0 Å². The van der Waals surface area contributed by atoms with Gasteiger partial charge in [-0.2, -0.15) is 11.8 Å². The minimum Gasteiger partial charge on any atom is -0.459 e. The molecule has 0 bridgehead atoms. The predicted octanol–water partition coefficient (Wildman–Crippen LogP) is 3.55. The molecule has 2 aromatic rings. The van der Waals surface area contributed by atoms with Crippen LogP contribution in [0.2, 0.25) is 0 Å². The number of nitrogens with one attached hydrogen (secondary N) is 2. The van der Waals surface area contributed by atoms with Crippen molar-refractivity contribution in [2.24, 2.45) is 4.99 Å². The standard InChI is InChI=1S/C17H25N3OS/c1-12-13-8-6-7-9-14(13)21-15(12)10-19-16(18-4)20-11-17(2,3)22-5/h6-9H,10-11H2,1-5H3,(H2,18,19,20). The second-order valence-corrected chi connectivity index (χ2v) is 7.40. The lowest BCUT2D eigenvalue weighted by Gasteiger charge is -2.23. The maximum atomic E-state index is 5.91. The van der Waals surface area contributed by atoms with Gasteiger partial charge in [-0.1, -0.05) is 18.2 Å². The van der Waals surface area contributed by atoms with Crippen LogP contribution in [-0.2, 0) is 6.54 Å². The third kappa shape index (κ3) is 3.97. The second kappa shape index (κ2) is 7.09. The third-order valence-corrected chi connectivity index (χ3v) is 5.07. The van der Waals surface area contributed by atoms with Crippen LogP contribution < -0.4 is 10.6 Å². The Balaban J connectivity index is 1.99. The van der Waals surface area contributed by atoms with Gasteiger partial charge in [-0.15, -0.1) is 0 Å². The second-order valence-electron chi connectivity index (χ2n) is 5.89. The van der Waals surface area contributed by atoms with Crippen molar-refractivity contribution < 1.29 is 4.42 Å². The number of hydrogen-bond acceptors (Lipinski definition) is 3. The van der Waals surface area contributed by atoms with Gasteiger partial charge in [0.25, 0.3) is 0 Å². The summed E-state index contributed by atoms with van der Waals surface area (Å²) >= 11 is 1.84. The Morgan fingerprint density at radius 1 is 1.27 bits per heavy atom. The lowest BCUT2D eigenvalue weighted by molar-refractivity contribution is 0.533. The number of benzene rings is 1. The Morgan fingerprint density at radius 3 is 2.64 bits per heavy atom. The highest BCUT2D eigenvalue weighted by Crippen LogP contribution is 2.24. The third-order valence-electron chi connectivity index (χ3n) is 3.82. The minimum absolute atomic E-state index is 0.174. The topological polar surface area (TPSA) is 49.6 Å². The molecule has 0 saturated heterocycles. The van der Waals surface area contributed by atoms with Crippen LogP contribution in [0.15, 0.2) is 33.7 Å². The van der Waals surface area contributed by atoms with E-state index in [9.17, 15) is 0 Å². The molecule has 0 amide bonds. The first-order valence-electron chi connectivity index (χ1n) is 7.43. The molecule has 0 aliphatic rings. The van der Waals surface area contributed by atoms with Crippen molar-refractivity contribution in [2.45, 2.75) is 32.1 Å². The first-order chi connectivity index (χ1) is 10.5. The van der Waals surface area contributed by atoms with Gasteiger partial charge in [-0.25, -0.2) is 0 Å². The van der Waals surface area contributed by atoms with Crippen molar-refractivity contribution in [1.82, 2.24) is 10.6 Å². The van der Waals surface area contributed by atoms with Gasteiger partial charge in [0.2, 0.25) is 0 Å². The summed E-state index contributed by atoms with van der Waals surface area (Å²) in [5.74, 6) is 1.75. The molecule has 1 aromatic heterocycles. The summed E-state index contributed by atoms with van der Waals surface area (Å²) in [6.07, 6.45) is 2.12. The fraction of sp³-hybridized carbons (Fsp3) is 0.471. The SMILES string of the molecule is CN=C(NCc1oc2ccccc2c1C)NCC(C)(C)SC. The highest BCUT2D eigenvalue weighted by Gasteiger charge is 2.16. The van der Waals surface area contributed by atoms with E-state index in [1.807, 2.05) is 30.0 Å². The van der Waals surface area contributed by atoms with Crippen molar-refractivity contribution in [2.75, 3.05) is 19.8 Å². The summed E-state index contributed by atoms with van der Waals surface area (Å²) in [4.78, 5) is 4.27. The molecule has 1 heterocycles. The van der Waals surface area contributed by atoms with Gasteiger partial charge in [-0.3, -0.25) is 4.99 Å². The van der Waals surface area contributed by atoms with E-state index in [0.717, 1.165) is 23.8 Å². The van der Waals surface area contributed by atoms with Crippen molar-refractivity contribution >= 4 is 28.7 Å². The molecule has 0 fully saturated rings. The molecule has 0 radical (unpaired) electrons. The van der Waals surface area contributed by atoms with Crippen LogP contribution in [0, 0.1) is 6.92 Å². The van der Waals surface area contributed by atoms with E-state index in [1.165, 1.54) is 10.9 Å². The van der Waals surface area contributed by atoms with Gasteiger partial charge in [0.05, 0.1) is 6.54 Å². The highest BCUT2D eigenvalue weighted by molar-refractivity contribution is 7.99. The molecule has 0 atom stereocenters. The van der Waals surface area contributed by atoms with Crippen LogP contribution in [0.3, 0.4) is 0 Å². The molecule has 0 spiro atoms. The lowest BCUT2D eigenvalue weighted by Crippen LogP contribution is -2.43. The Bertz CT molecular complexity index is 661. The molecule has 120 valence electrons. The first-order valence-corrected chi connectivity index (χ1v) is 8.66. The molecular formula is C17H25N3OS.